The molecule has 2 amide bonds. The fourth-order valence-corrected chi connectivity index (χ4v) is 2.54. The van der Waals surface area contributed by atoms with Crippen molar-refractivity contribution in [2.45, 2.75) is 19.9 Å². The first-order valence-electron chi connectivity index (χ1n) is 8.09. The number of hydrogen-bond acceptors (Lipinski definition) is 5. The van der Waals surface area contributed by atoms with Gasteiger partial charge in [0.15, 0.2) is 0 Å². The normalized spacial score (nSPS) is 10.7. The molecular formula is C18H16FN5O3. The predicted molar refractivity (Wildman–Crippen MR) is 96.7 cm³/mol. The minimum atomic E-state index is -0.803. The quantitative estimate of drug-likeness (QED) is 0.704. The Kier molecular flexibility index (Phi) is 4.93. The number of nitrogens with two attached hydrogens (primary N) is 1. The Morgan fingerprint density at radius 3 is 2.74 bits per heavy atom. The summed E-state index contributed by atoms with van der Waals surface area (Å²) in [5, 5.41) is 10.7. The van der Waals surface area contributed by atoms with Gasteiger partial charge in [0, 0.05) is 23.2 Å². The second-order valence-corrected chi connectivity index (χ2v) is 5.93. The van der Waals surface area contributed by atoms with Gasteiger partial charge in [-0.05, 0) is 31.2 Å². The number of primary amides is 1. The van der Waals surface area contributed by atoms with Crippen LogP contribution >= 0.6 is 0 Å². The van der Waals surface area contributed by atoms with Gasteiger partial charge in [-0.3, -0.25) is 14.4 Å². The molecule has 0 aliphatic rings. The van der Waals surface area contributed by atoms with Crippen molar-refractivity contribution in [3.05, 3.63) is 63.7 Å². The summed E-state index contributed by atoms with van der Waals surface area (Å²) < 4.78 is 15.0. The number of hydrogen-bond donors (Lipinski definition) is 2. The molecule has 0 unspecified atom stereocenters. The third kappa shape index (κ3) is 3.81. The zero-order valence-electron chi connectivity index (χ0n) is 14.4. The summed E-state index contributed by atoms with van der Waals surface area (Å²) in [7, 11) is 0. The molecular weight excluding hydrogens is 353 g/mol. The van der Waals surface area contributed by atoms with Gasteiger partial charge in [0.25, 0.3) is 5.56 Å². The molecule has 0 aliphatic heterocycles. The van der Waals surface area contributed by atoms with Crippen molar-refractivity contribution in [2.24, 2.45) is 5.73 Å². The van der Waals surface area contributed by atoms with E-state index in [-0.39, 0.29) is 35.3 Å². The molecule has 27 heavy (non-hydrogen) atoms. The van der Waals surface area contributed by atoms with E-state index >= 15 is 0 Å². The molecule has 0 bridgehead atoms. The van der Waals surface area contributed by atoms with Gasteiger partial charge in [0.05, 0.1) is 11.9 Å². The summed E-state index contributed by atoms with van der Waals surface area (Å²) in [5.41, 5.74) is 5.54. The van der Waals surface area contributed by atoms with Crippen molar-refractivity contribution < 1.29 is 14.0 Å². The Morgan fingerprint density at radius 2 is 2.00 bits per heavy atom. The van der Waals surface area contributed by atoms with Gasteiger partial charge in [-0.1, -0.05) is 17.3 Å². The molecule has 138 valence electrons. The molecule has 1 aromatic heterocycles. The zero-order chi connectivity index (χ0) is 19.6. The number of nitrogens with one attached hydrogen (secondary N) is 1. The molecule has 0 aliphatic carbocycles. The number of aryl methyl sites for hydroxylation is 1. The van der Waals surface area contributed by atoms with E-state index in [4.69, 9.17) is 5.73 Å². The third-order valence-electron chi connectivity index (χ3n) is 4.08. The number of anilines is 1. The maximum Gasteiger partial charge on any atom is 0.277 e. The third-order valence-corrected chi connectivity index (χ3v) is 4.08. The maximum atomic E-state index is 13.9. The van der Waals surface area contributed by atoms with Crippen molar-refractivity contribution in [3.8, 4) is 0 Å². The molecule has 3 rings (SSSR count). The van der Waals surface area contributed by atoms with Crippen LogP contribution in [0.2, 0.25) is 0 Å². The molecule has 0 spiro atoms. The number of carbonyl (C=O) groups is 2. The van der Waals surface area contributed by atoms with Gasteiger partial charge >= 0.3 is 0 Å². The summed E-state index contributed by atoms with van der Waals surface area (Å²) in [6, 6.07) is 9.08. The molecule has 3 N–H and O–H groups in total. The monoisotopic (exact) mass is 369 g/mol. The first-order chi connectivity index (χ1) is 12.9. The lowest BCUT2D eigenvalue weighted by molar-refractivity contribution is -0.116. The predicted octanol–water partition coefficient (Wildman–Crippen LogP) is 1.37. The number of carbonyl (C=O) groups excluding carboxylic acids is 2. The van der Waals surface area contributed by atoms with E-state index in [0.29, 0.717) is 10.9 Å². The minimum absolute atomic E-state index is 0.000455. The van der Waals surface area contributed by atoms with Crippen molar-refractivity contribution in [1.29, 1.82) is 0 Å². The smallest absolute Gasteiger partial charge is 0.277 e. The van der Waals surface area contributed by atoms with E-state index < -0.39 is 17.6 Å². The average molecular weight is 369 g/mol. The minimum Gasteiger partial charge on any atom is -0.366 e. The van der Waals surface area contributed by atoms with Crippen LogP contribution in [-0.4, -0.2) is 26.8 Å². The molecule has 0 radical (unpaired) electrons. The Morgan fingerprint density at radius 1 is 1.26 bits per heavy atom. The first kappa shape index (κ1) is 18.2. The highest BCUT2D eigenvalue weighted by molar-refractivity contribution is 5.97. The van der Waals surface area contributed by atoms with Crippen LogP contribution < -0.4 is 16.6 Å². The van der Waals surface area contributed by atoms with Crippen LogP contribution in [0, 0.1) is 12.7 Å². The lowest BCUT2D eigenvalue weighted by Gasteiger charge is -2.11. The van der Waals surface area contributed by atoms with Crippen LogP contribution in [0.15, 0.2) is 41.2 Å². The van der Waals surface area contributed by atoms with Gasteiger partial charge in [-0.25, -0.2) is 9.07 Å². The molecule has 0 saturated heterocycles. The largest absolute Gasteiger partial charge is 0.366 e. The Hall–Kier alpha value is -3.62. The Bertz CT molecular complexity index is 1110. The van der Waals surface area contributed by atoms with E-state index in [1.807, 2.05) is 0 Å². The molecule has 0 atom stereocenters. The molecule has 0 saturated carbocycles. The molecule has 1 heterocycles. The molecule has 3 aromatic rings. The lowest BCUT2D eigenvalue weighted by atomic mass is 10.1. The molecule has 0 fully saturated rings. The zero-order valence-corrected chi connectivity index (χ0v) is 14.4. The van der Waals surface area contributed by atoms with E-state index in [1.165, 1.54) is 13.0 Å². The number of amides is 2. The Labute approximate surface area is 152 Å². The summed E-state index contributed by atoms with van der Waals surface area (Å²) in [6.45, 7) is 1.47. The summed E-state index contributed by atoms with van der Waals surface area (Å²) in [6.07, 6.45) is -0.0885. The SMILES string of the molecule is Cc1c(F)cc(C(N)=O)cc1NC(=O)CCn1nnc2ccccc2c1=O. The van der Waals surface area contributed by atoms with Crippen molar-refractivity contribution in [3.63, 3.8) is 0 Å². The average Bonchev–Trinajstić information content (AvgIpc) is 2.65. The van der Waals surface area contributed by atoms with Crippen molar-refractivity contribution in [1.82, 2.24) is 15.0 Å². The summed E-state index contributed by atoms with van der Waals surface area (Å²) in [5.74, 6) is -1.93. The fraction of sp³-hybridized carbons (Fsp3) is 0.167. The first-order valence-corrected chi connectivity index (χ1v) is 8.09. The van der Waals surface area contributed by atoms with E-state index in [9.17, 15) is 18.8 Å². The number of rotatable bonds is 5. The summed E-state index contributed by atoms with van der Waals surface area (Å²) >= 11 is 0. The van der Waals surface area contributed by atoms with Gasteiger partial charge in [-0.15, -0.1) is 5.10 Å². The van der Waals surface area contributed by atoms with Crippen LogP contribution in [-0.2, 0) is 11.3 Å². The highest BCUT2D eigenvalue weighted by Crippen LogP contribution is 2.21. The topological polar surface area (TPSA) is 120 Å². The lowest BCUT2D eigenvalue weighted by Crippen LogP contribution is -2.26. The highest BCUT2D eigenvalue weighted by atomic mass is 19.1. The van der Waals surface area contributed by atoms with Crippen molar-refractivity contribution in [2.75, 3.05) is 5.32 Å². The van der Waals surface area contributed by atoms with Crippen LogP contribution in [0.3, 0.4) is 0 Å². The van der Waals surface area contributed by atoms with Crippen LogP contribution in [0.25, 0.3) is 10.9 Å². The maximum absolute atomic E-state index is 13.9. The standard InChI is InChI=1S/C18H16FN5O3/c1-10-13(19)8-11(17(20)26)9-15(10)21-16(25)6-7-24-18(27)12-4-2-3-5-14(12)22-23-24/h2-5,8-9H,6-7H2,1H3,(H2,20,26)(H,21,25). The number of benzene rings is 2. The Balaban J connectivity index is 1.75. The van der Waals surface area contributed by atoms with Crippen LogP contribution in [0.4, 0.5) is 10.1 Å². The van der Waals surface area contributed by atoms with E-state index in [2.05, 4.69) is 15.6 Å². The van der Waals surface area contributed by atoms with Gasteiger partial charge in [-0.2, -0.15) is 0 Å². The highest BCUT2D eigenvalue weighted by Gasteiger charge is 2.13. The fourth-order valence-electron chi connectivity index (χ4n) is 2.54. The number of aromatic nitrogens is 3. The van der Waals surface area contributed by atoms with Crippen LogP contribution in [0.1, 0.15) is 22.3 Å². The number of halogens is 1. The molecule has 8 nitrogen and oxygen atoms in total. The molecule has 2 aromatic carbocycles. The van der Waals surface area contributed by atoms with E-state index in [0.717, 1.165) is 10.7 Å². The molecule has 9 heteroatoms. The second-order valence-electron chi connectivity index (χ2n) is 5.93. The number of fused-ring (bicyclic) bond motifs is 1. The van der Waals surface area contributed by atoms with E-state index in [1.54, 1.807) is 24.3 Å². The van der Waals surface area contributed by atoms with Gasteiger partial charge < -0.3 is 11.1 Å². The second kappa shape index (κ2) is 7.32. The number of nitrogens with zero attached hydrogens (tertiary/aromatic N) is 3. The van der Waals surface area contributed by atoms with Crippen molar-refractivity contribution >= 4 is 28.4 Å². The van der Waals surface area contributed by atoms with Crippen LogP contribution in [0.5, 0.6) is 0 Å². The van der Waals surface area contributed by atoms with Gasteiger partial charge in [0.2, 0.25) is 11.8 Å². The summed E-state index contributed by atoms with van der Waals surface area (Å²) in [4.78, 5) is 35.8. The van der Waals surface area contributed by atoms with Gasteiger partial charge in [0.1, 0.15) is 11.3 Å².